The zero-order chi connectivity index (χ0) is 14.5. The molecule has 1 aromatic carbocycles. The van der Waals surface area contributed by atoms with Gasteiger partial charge in [-0.05, 0) is 17.7 Å². The minimum atomic E-state index is -0.285. The fourth-order valence-corrected chi connectivity index (χ4v) is 2.04. The van der Waals surface area contributed by atoms with Crippen molar-refractivity contribution in [1.29, 1.82) is 0 Å². The van der Waals surface area contributed by atoms with Gasteiger partial charge in [-0.1, -0.05) is 12.1 Å². The Labute approximate surface area is 116 Å². The molecule has 0 radical (unpaired) electrons. The fraction of sp³-hybridized carbons (Fsp3) is 0.357. The van der Waals surface area contributed by atoms with Gasteiger partial charge in [0.05, 0.1) is 5.92 Å². The van der Waals surface area contributed by atoms with Crippen molar-refractivity contribution < 1.29 is 14.4 Å². The van der Waals surface area contributed by atoms with Gasteiger partial charge in [-0.15, -0.1) is 0 Å². The molecular weight excluding hydrogens is 258 g/mol. The number of benzene rings is 1. The molecule has 6 nitrogen and oxygen atoms in total. The summed E-state index contributed by atoms with van der Waals surface area (Å²) in [6.07, 6.45) is 0.251. The maximum absolute atomic E-state index is 11.8. The summed E-state index contributed by atoms with van der Waals surface area (Å²) in [4.78, 5) is 34.2. The van der Waals surface area contributed by atoms with Gasteiger partial charge in [0.1, 0.15) is 0 Å². The topological polar surface area (TPSA) is 87.3 Å². The van der Waals surface area contributed by atoms with Crippen molar-refractivity contribution in [3.63, 3.8) is 0 Å². The van der Waals surface area contributed by atoms with Gasteiger partial charge in [0.15, 0.2) is 0 Å². The highest BCUT2D eigenvalue weighted by Gasteiger charge is 2.27. The van der Waals surface area contributed by atoms with Crippen molar-refractivity contribution in [2.45, 2.75) is 13.0 Å². The maximum atomic E-state index is 11.8. The van der Waals surface area contributed by atoms with Crippen LogP contribution in [0.3, 0.4) is 0 Å². The summed E-state index contributed by atoms with van der Waals surface area (Å²) < 4.78 is 0. The molecule has 1 aliphatic rings. The second-order valence-corrected chi connectivity index (χ2v) is 4.70. The number of carbonyl (C=O) groups excluding carboxylic acids is 3. The number of nitrogens with one attached hydrogen (secondary N) is 3. The standard InChI is InChI=1S/C14H17N3O3/c1-15-13(19)10-4-2-9(3-5-10)7-17-14(20)11-6-12(18)16-8-11/h2-5,11H,6-8H2,1H3,(H,15,19)(H,16,18)(H,17,20). The smallest absolute Gasteiger partial charge is 0.251 e. The van der Waals surface area contributed by atoms with Gasteiger partial charge in [-0.3, -0.25) is 14.4 Å². The van der Waals surface area contributed by atoms with E-state index in [0.717, 1.165) is 5.56 Å². The number of amides is 3. The summed E-state index contributed by atoms with van der Waals surface area (Å²) in [6, 6.07) is 7.01. The lowest BCUT2D eigenvalue weighted by Crippen LogP contribution is -2.31. The zero-order valence-corrected chi connectivity index (χ0v) is 11.2. The highest BCUT2D eigenvalue weighted by atomic mass is 16.2. The van der Waals surface area contributed by atoms with Crippen LogP contribution >= 0.6 is 0 Å². The predicted octanol–water partition coefficient (Wildman–Crippen LogP) is -0.202. The Hall–Kier alpha value is -2.37. The largest absolute Gasteiger partial charge is 0.355 e. The van der Waals surface area contributed by atoms with Crippen molar-refractivity contribution in [1.82, 2.24) is 16.0 Å². The van der Waals surface area contributed by atoms with E-state index in [2.05, 4.69) is 16.0 Å². The van der Waals surface area contributed by atoms with E-state index in [0.29, 0.717) is 18.7 Å². The quantitative estimate of drug-likeness (QED) is 0.711. The van der Waals surface area contributed by atoms with Crippen molar-refractivity contribution in [2.24, 2.45) is 5.92 Å². The van der Waals surface area contributed by atoms with Crippen LogP contribution in [0.25, 0.3) is 0 Å². The van der Waals surface area contributed by atoms with E-state index in [-0.39, 0.29) is 30.1 Å². The summed E-state index contributed by atoms with van der Waals surface area (Å²) in [5.41, 5.74) is 1.48. The Morgan fingerprint density at radius 3 is 2.55 bits per heavy atom. The molecule has 106 valence electrons. The SMILES string of the molecule is CNC(=O)c1ccc(CNC(=O)C2CNC(=O)C2)cc1. The third-order valence-corrected chi connectivity index (χ3v) is 3.26. The molecule has 0 spiro atoms. The number of rotatable bonds is 4. The Bertz CT molecular complexity index is 525. The van der Waals surface area contributed by atoms with Crippen molar-refractivity contribution >= 4 is 17.7 Å². The van der Waals surface area contributed by atoms with E-state index in [4.69, 9.17) is 0 Å². The minimum absolute atomic E-state index is 0.0833. The second kappa shape index (κ2) is 6.18. The van der Waals surface area contributed by atoms with Crippen LogP contribution in [-0.2, 0) is 16.1 Å². The average Bonchev–Trinajstić information content (AvgIpc) is 2.91. The molecule has 1 saturated heterocycles. The Balaban J connectivity index is 1.86. The number of carbonyl (C=O) groups is 3. The average molecular weight is 275 g/mol. The normalized spacial score (nSPS) is 17.4. The van der Waals surface area contributed by atoms with E-state index in [1.54, 1.807) is 31.3 Å². The summed E-state index contributed by atoms with van der Waals surface area (Å²) in [7, 11) is 1.58. The van der Waals surface area contributed by atoms with Crippen molar-refractivity contribution in [3.8, 4) is 0 Å². The highest BCUT2D eigenvalue weighted by Crippen LogP contribution is 2.09. The third-order valence-electron chi connectivity index (χ3n) is 3.26. The fourth-order valence-electron chi connectivity index (χ4n) is 2.04. The van der Waals surface area contributed by atoms with Crippen LogP contribution < -0.4 is 16.0 Å². The van der Waals surface area contributed by atoms with Crippen LogP contribution in [-0.4, -0.2) is 31.3 Å². The summed E-state index contributed by atoms with van der Waals surface area (Å²) in [6.45, 7) is 0.790. The van der Waals surface area contributed by atoms with Crippen LogP contribution in [0.15, 0.2) is 24.3 Å². The van der Waals surface area contributed by atoms with Gasteiger partial charge in [0, 0.05) is 32.1 Å². The van der Waals surface area contributed by atoms with Gasteiger partial charge in [0.25, 0.3) is 5.91 Å². The number of hydrogen-bond acceptors (Lipinski definition) is 3. The molecular formula is C14H17N3O3. The molecule has 1 aromatic rings. The van der Waals surface area contributed by atoms with Gasteiger partial charge in [-0.25, -0.2) is 0 Å². The predicted molar refractivity (Wildman–Crippen MR) is 72.8 cm³/mol. The minimum Gasteiger partial charge on any atom is -0.355 e. The van der Waals surface area contributed by atoms with Crippen LogP contribution in [0.5, 0.6) is 0 Å². The van der Waals surface area contributed by atoms with Gasteiger partial charge >= 0.3 is 0 Å². The molecule has 0 aromatic heterocycles. The first-order valence-corrected chi connectivity index (χ1v) is 6.45. The third kappa shape index (κ3) is 3.34. The van der Waals surface area contributed by atoms with E-state index < -0.39 is 0 Å². The molecule has 0 saturated carbocycles. The molecule has 6 heteroatoms. The Kier molecular flexibility index (Phi) is 4.34. The van der Waals surface area contributed by atoms with Crippen LogP contribution in [0.2, 0.25) is 0 Å². The zero-order valence-electron chi connectivity index (χ0n) is 11.2. The van der Waals surface area contributed by atoms with E-state index in [9.17, 15) is 14.4 Å². The molecule has 1 fully saturated rings. The molecule has 3 amide bonds. The summed E-state index contributed by atoms with van der Waals surface area (Å²) in [5.74, 6) is -0.637. The lowest BCUT2D eigenvalue weighted by atomic mass is 10.1. The van der Waals surface area contributed by atoms with Crippen molar-refractivity contribution in [2.75, 3.05) is 13.6 Å². The van der Waals surface area contributed by atoms with E-state index >= 15 is 0 Å². The molecule has 0 aliphatic carbocycles. The monoisotopic (exact) mass is 275 g/mol. The first-order valence-electron chi connectivity index (χ1n) is 6.45. The number of hydrogen-bond donors (Lipinski definition) is 3. The first-order chi connectivity index (χ1) is 9.60. The van der Waals surface area contributed by atoms with Gasteiger partial charge in [0.2, 0.25) is 11.8 Å². The Morgan fingerprint density at radius 1 is 1.30 bits per heavy atom. The molecule has 20 heavy (non-hydrogen) atoms. The Morgan fingerprint density at radius 2 is 2.00 bits per heavy atom. The molecule has 2 rings (SSSR count). The summed E-state index contributed by atoms with van der Waals surface area (Å²) >= 11 is 0. The van der Waals surface area contributed by atoms with Crippen molar-refractivity contribution in [3.05, 3.63) is 35.4 Å². The molecule has 1 aliphatic heterocycles. The van der Waals surface area contributed by atoms with Crippen LogP contribution in [0.4, 0.5) is 0 Å². The lowest BCUT2D eigenvalue weighted by molar-refractivity contribution is -0.126. The molecule has 1 atom stereocenters. The van der Waals surface area contributed by atoms with E-state index in [1.807, 2.05) is 0 Å². The van der Waals surface area contributed by atoms with E-state index in [1.165, 1.54) is 0 Å². The van der Waals surface area contributed by atoms with Crippen LogP contribution in [0.1, 0.15) is 22.3 Å². The summed E-state index contributed by atoms with van der Waals surface area (Å²) in [5, 5.41) is 7.97. The highest BCUT2D eigenvalue weighted by molar-refractivity contribution is 5.94. The van der Waals surface area contributed by atoms with Crippen LogP contribution in [0, 0.1) is 5.92 Å². The lowest BCUT2D eigenvalue weighted by Gasteiger charge is -2.09. The molecule has 3 N–H and O–H groups in total. The maximum Gasteiger partial charge on any atom is 0.251 e. The molecule has 1 unspecified atom stereocenters. The van der Waals surface area contributed by atoms with Gasteiger partial charge in [-0.2, -0.15) is 0 Å². The first kappa shape index (κ1) is 14.0. The molecule has 0 bridgehead atoms. The van der Waals surface area contributed by atoms with Gasteiger partial charge < -0.3 is 16.0 Å². The second-order valence-electron chi connectivity index (χ2n) is 4.70. The molecule has 1 heterocycles.